The first-order valence-corrected chi connectivity index (χ1v) is 3.49. The number of nitrogens with zero attached hydrogens (tertiary/aromatic N) is 2. The maximum atomic E-state index is 11.1. The van der Waals surface area contributed by atoms with E-state index in [1.165, 1.54) is 18.3 Å². The average molecular weight is 184 g/mol. The number of aromatic nitrogens is 1. The summed E-state index contributed by atoms with van der Waals surface area (Å²) in [7, 11) is 0. The number of carbonyl (C=O) groups is 1. The molecule has 1 amide bonds. The van der Waals surface area contributed by atoms with Crippen LogP contribution in [0.3, 0.4) is 0 Å². The van der Waals surface area contributed by atoms with Crippen LogP contribution in [0.4, 0.5) is 0 Å². The molecule has 0 aliphatic rings. The van der Waals surface area contributed by atoms with Gasteiger partial charge in [-0.25, -0.2) is 10.4 Å². The molecular weight excluding hydrogens is 178 g/mol. The normalized spacial score (nSPS) is 9.08. The molecule has 5 heteroatoms. The first kappa shape index (κ1) is 8.67. The zero-order valence-electron chi connectivity index (χ0n) is 6.12. The summed E-state index contributed by atoms with van der Waals surface area (Å²) in [6.45, 7) is 3.12. The van der Waals surface area contributed by atoms with Crippen molar-refractivity contribution in [1.29, 1.82) is 0 Å². The van der Waals surface area contributed by atoms with Gasteiger partial charge < -0.3 is 0 Å². The highest BCUT2D eigenvalue weighted by molar-refractivity contribution is 6.29. The van der Waals surface area contributed by atoms with Crippen molar-refractivity contribution in [1.82, 2.24) is 10.4 Å². The van der Waals surface area contributed by atoms with Gasteiger partial charge in [0.15, 0.2) is 0 Å². The first-order chi connectivity index (χ1) is 5.74. The van der Waals surface area contributed by atoms with E-state index < -0.39 is 0 Å². The monoisotopic (exact) mass is 183 g/mol. The summed E-state index contributed by atoms with van der Waals surface area (Å²) in [6, 6.07) is 2.98. The Morgan fingerprint density at radius 1 is 1.75 bits per heavy atom. The van der Waals surface area contributed by atoms with Gasteiger partial charge in [-0.1, -0.05) is 11.6 Å². The standard InChI is InChI=1S/C7H6ClN3O/c1-9-11-7(12)5-2-3-10-6(8)4-5/h2-4H,1H2,(H,11,12). The predicted octanol–water partition coefficient (Wildman–Crippen LogP) is 1.08. The number of rotatable bonds is 2. The lowest BCUT2D eigenvalue weighted by molar-refractivity contribution is 0.0955. The zero-order valence-corrected chi connectivity index (χ0v) is 6.88. The van der Waals surface area contributed by atoms with Crippen LogP contribution in [-0.2, 0) is 0 Å². The minimum atomic E-state index is -0.352. The van der Waals surface area contributed by atoms with Gasteiger partial charge in [-0.3, -0.25) is 4.79 Å². The minimum Gasteiger partial charge on any atom is -0.267 e. The highest BCUT2D eigenvalue weighted by Gasteiger charge is 2.03. The van der Waals surface area contributed by atoms with Crippen molar-refractivity contribution in [3.63, 3.8) is 0 Å². The molecule has 4 nitrogen and oxygen atoms in total. The molecule has 0 radical (unpaired) electrons. The Bertz CT molecular complexity index is 313. The van der Waals surface area contributed by atoms with Crippen LogP contribution in [0.25, 0.3) is 0 Å². The van der Waals surface area contributed by atoms with Gasteiger partial charge >= 0.3 is 0 Å². The van der Waals surface area contributed by atoms with Gasteiger partial charge in [-0.2, -0.15) is 5.10 Å². The smallest absolute Gasteiger partial charge is 0.267 e. The molecule has 0 aliphatic carbocycles. The summed E-state index contributed by atoms with van der Waals surface area (Å²) in [6.07, 6.45) is 1.44. The quantitative estimate of drug-likeness (QED) is 0.424. The van der Waals surface area contributed by atoms with Crippen molar-refractivity contribution in [2.75, 3.05) is 0 Å². The average Bonchev–Trinajstić information content (AvgIpc) is 2.05. The lowest BCUT2D eigenvalue weighted by Crippen LogP contribution is -2.16. The molecule has 0 spiro atoms. The molecule has 0 unspecified atom stereocenters. The van der Waals surface area contributed by atoms with Crippen LogP contribution in [-0.4, -0.2) is 17.6 Å². The molecule has 0 aliphatic heterocycles. The van der Waals surface area contributed by atoms with E-state index >= 15 is 0 Å². The summed E-state index contributed by atoms with van der Waals surface area (Å²) in [4.78, 5) is 14.8. The molecule has 0 saturated carbocycles. The van der Waals surface area contributed by atoms with Crippen molar-refractivity contribution >= 4 is 24.2 Å². The molecule has 1 aromatic heterocycles. The Labute approximate surface area is 74.3 Å². The molecule has 0 saturated heterocycles. The third-order valence-electron chi connectivity index (χ3n) is 1.17. The van der Waals surface area contributed by atoms with E-state index in [-0.39, 0.29) is 11.1 Å². The van der Waals surface area contributed by atoms with Crippen LogP contribution in [0.2, 0.25) is 5.15 Å². The molecule has 1 heterocycles. The van der Waals surface area contributed by atoms with Crippen LogP contribution in [0, 0.1) is 0 Å². The highest BCUT2D eigenvalue weighted by Crippen LogP contribution is 2.06. The summed E-state index contributed by atoms with van der Waals surface area (Å²) in [5.41, 5.74) is 2.58. The van der Waals surface area contributed by atoms with Crippen LogP contribution in [0.1, 0.15) is 10.4 Å². The number of hydrogen-bond donors (Lipinski definition) is 1. The second-order valence-corrected chi connectivity index (χ2v) is 2.35. The summed E-state index contributed by atoms with van der Waals surface area (Å²) < 4.78 is 0. The van der Waals surface area contributed by atoms with Gasteiger partial charge in [0.1, 0.15) is 5.15 Å². The molecule has 0 aromatic carbocycles. The van der Waals surface area contributed by atoms with Crippen molar-refractivity contribution in [2.45, 2.75) is 0 Å². The molecule has 1 N–H and O–H groups in total. The Kier molecular flexibility index (Phi) is 2.76. The number of hydrogen-bond acceptors (Lipinski definition) is 3. The molecule has 0 bridgehead atoms. The highest BCUT2D eigenvalue weighted by atomic mass is 35.5. The Morgan fingerprint density at radius 2 is 2.50 bits per heavy atom. The minimum absolute atomic E-state index is 0.270. The van der Waals surface area contributed by atoms with Gasteiger partial charge in [0, 0.05) is 18.5 Å². The fraction of sp³-hybridized carbons (Fsp3) is 0. The van der Waals surface area contributed by atoms with E-state index in [1.54, 1.807) is 0 Å². The topological polar surface area (TPSA) is 54.4 Å². The molecule has 0 atom stereocenters. The number of nitrogens with one attached hydrogen (secondary N) is 1. The number of carbonyl (C=O) groups excluding carboxylic acids is 1. The lowest BCUT2D eigenvalue weighted by Gasteiger charge is -1.97. The van der Waals surface area contributed by atoms with E-state index in [4.69, 9.17) is 11.6 Å². The second kappa shape index (κ2) is 3.82. The van der Waals surface area contributed by atoms with E-state index in [0.29, 0.717) is 5.56 Å². The van der Waals surface area contributed by atoms with Crippen LogP contribution < -0.4 is 5.43 Å². The zero-order chi connectivity index (χ0) is 8.97. The SMILES string of the molecule is C=NNC(=O)c1ccnc(Cl)c1. The molecular formula is C7H6ClN3O. The number of halogens is 1. The van der Waals surface area contributed by atoms with Gasteiger partial charge in [-0.05, 0) is 12.1 Å². The van der Waals surface area contributed by atoms with Gasteiger partial charge in [-0.15, -0.1) is 0 Å². The van der Waals surface area contributed by atoms with E-state index in [2.05, 4.69) is 22.2 Å². The van der Waals surface area contributed by atoms with Gasteiger partial charge in [0.25, 0.3) is 5.91 Å². The Hall–Kier alpha value is -1.42. The van der Waals surface area contributed by atoms with E-state index in [0.717, 1.165) is 0 Å². The van der Waals surface area contributed by atoms with Crippen molar-refractivity contribution in [2.24, 2.45) is 5.10 Å². The summed E-state index contributed by atoms with van der Waals surface area (Å²) in [5.74, 6) is -0.352. The summed E-state index contributed by atoms with van der Waals surface area (Å²) in [5, 5.41) is 3.50. The molecule has 1 aromatic rings. The van der Waals surface area contributed by atoms with Crippen molar-refractivity contribution < 1.29 is 4.79 Å². The number of pyridine rings is 1. The third kappa shape index (κ3) is 2.03. The third-order valence-corrected chi connectivity index (χ3v) is 1.38. The van der Waals surface area contributed by atoms with Crippen LogP contribution >= 0.6 is 11.6 Å². The molecule has 62 valence electrons. The number of hydrazone groups is 1. The van der Waals surface area contributed by atoms with E-state index in [9.17, 15) is 4.79 Å². The molecule has 1 rings (SSSR count). The predicted molar refractivity (Wildman–Crippen MR) is 46.3 cm³/mol. The Balaban J connectivity index is 2.87. The van der Waals surface area contributed by atoms with Gasteiger partial charge in [0.05, 0.1) is 0 Å². The first-order valence-electron chi connectivity index (χ1n) is 3.11. The fourth-order valence-electron chi connectivity index (χ4n) is 0.680. The van der Waals surface area contributed by atoms with Crippen LogP contribution in [0.5, 0.6) is 0 Å². The maximum absolute atomic E-state index is 11.1. The lowest BCUT2D eigenvalue weighted by atomic mass is 10.3. The van der Waals surface area contributed by atoms with E-state index in [1.807, 2.05) is 0 Å². The maximum Gasteiger partial charge on any atom is 0.271 e. The second-order valence-electron chi connectivity index (χ2n) is 1.97. The van der Waals surface area contributed by atoms with Crippen LogP contribution in [0.15, 0.2) is 23.4 Å². The number of amides is 1. The molecule has 12 heavy (non-hydrogen) atoms. The van der Waals surface area contributed by atoms with Crippen molar-refractivity contribution in [3.8, 4) is 0 Å². The summed E-state index contributed by atoms with van der Waals surface area (Å²) >= 11 is 5.55. The Morgan fingerprint density at radius 3 is 3.08 bits per heavy atom. The molecule has 0 fully saturated rings. The van der Waals surface area contributed by atoms with Gasteiger partial charge in [0.2, 0.25) is 0 Å². The van der Waals surface area contributed by atoms with Crippen molar-refractivity contribution in [3.05, 3.63) is 29.0 Å². The largest absolute Gasteiger partial charge is 0.271 e. The fourth-order valence-corrected chi connectivity index (χ4v) is 0.854.